The lowest BCUT2D eigenvalue weighted by atomic mass is 10.1. The van der Waals surface area contributed by atoms with Crippen LogP contribution in [0.3, 0.4) is 0 Å². The average molecular weight is 492 g/mol. The number of hydrogen-bond acceptors (Lipinski definition) is 5. The molecule has 1 saturated carbocycles. The van der Waals surface area contributed by atoms with Crippen molar-refractivity contribution in [2.24, 2.45) is 0 Å². The third kappa shape index (κ3) is 4.49. The van der Waals surface area contributed by atoms with Gasteiger partial charge < -0.3 is 9.80 Å². The Kier molecular flexibility index (Phi) is 6.19. The normalized spacial score (nSPS) is 16.2. The van der Waals surface area contributed by atoms with Crippen LogP contribution in [-0.2, 0) is 0 Å². The highest BCUT2D eigenvalue weighted by Crippen LogP contribution is 2.35. The highest BCUT2D eigenvalue weighted by atomic mass is 16.2. The van der Waals surface area contributed by atoms with Gasteiger partial charge in [-0.05, 0) is 30.5 Å². The minimum Gasteiger partial charge on any atom is -0.352 e. The zero-order chi connectivity index (χ0) is 25.2. The third-order valence-corrected chi connectivity index (χ3v) is 7.52. The van der Waals surface area contributed by atoms with E-state index in [1.165, 1.54) is 12.8 Å². The predicted octanol–water partition coefficient (Wildman–Crippen LogP) is 4.89. The van der Waals surface area contributed by atoms with Crippen LogP contribution in [0.1, 0.15) is 47.6 Å². The van der Waals surface area contributed by atoms with Gasteiger partial charge in [0.2, 0.25) is 0 Å². The zero-order valence-corrected chi connectivity index (χ0v) is 20.7. The van der Waals surface area contributed by atoms with Gasteiger partial charge in [0.15, 0.2) is 5.82 Å². The summed E-state index contributed by atoms with van der Waals surface area (Å²) in [7, 11) is 0. The summed E-state index contributed by atoms with van der Waals surface area (Å²) >= 11 is 0. The maximum atomic E-state index is 13.7. The zero-order valence-electron chi connectivity index (χ0n) is 20.7. The monoisotopic (exact) mass is 491 g/mol. The molecule has 0 atom stereocenters. The first-order chi connectivity index (χ1) is 18.2. The number of aromatic amines is 1. The summed E-state index contributed by atoms with van der Waals surface area (Å²) in [5, 5.41) is 21.4. The summed E-state index contributed by atoms with van der Waals surface area (Å²) < 4.78 is 2.10. The topological polar surface area (TPSA) is 93.8 Å². The van der Waals surface area contributed by atoms with Crippen LogP contribution in [0.25, 0.3) is 22.5 Å². The lowest BCUT2D eigenvalue weighted by Gasteiger charge is -2.34. The van der Waals surface area contributed by atoms with E-state index in [0.717, 1.165) is 41.2 Å². The number of rotatable bonds is 5. The van der Waals surface area contributed by atoms with Gasteiger partial charge in [-0.3, -0.25) is 14.6 Å². The molecule has 0 unspecified atom stereocenters. The van der Waals surface area contributed by atoms with Crippen LogP contribution in [0.5, 0.6) is 0 Å². The summed E-state index contributed by atoms with van der Waals surface area (Å²) in [6, 6.07) is 22.2. The number of aromatic nitrogens is 4. The summed E-state index contributed by atoms with van der Waals surface area (Å²) in [6.45, 7) is 2.67. The van der Waals surface area contributed by atoms with E-state index in [9.17, 15) is 4.79 Å². The Morgan fingerprint density at radius 3 is 2.38 bits per heavy atom. The van der Waals surface area contributed by atoms with Gasteiger partial charge in [0.1, 0.15) is 0 Å². The molecule has 2 aromatic carbocycles. The molecule has 186 valence electrons. The fraction of sp³-hybridized carbons (Fsp3) is 0.310. The maximum absolute atomic E-state index is 13.7. The first-order valence-electron chi connectivity index (χ1n) is 12.9. The number of anilines is 1. The highest BCUT2D eigenvalue weighted by molar-refractivity contribution is 6.00. The van der Waals surface area contributed by atoms with Gasteiger partial charge in [-0.2, -0.15) is 15.5 Å². The number of amides is 1. The van der Waals surface area contributed by atoms with Crippen molar-refractivity contribution < 1.29 is 4.79 Å². The molecule has 0 radical (unpaired) electrons. The lowest BCUT2D eigenvalue weighted by molar-refractivity contribution is 0.0747. The van der Waals surface area contributed by atoms with Crippen LogP contribution in [0.2, 0.25) is 0 Å². The molecule has 37 heavy (non-hydrogen) atoms. The van der Waals surface area contributed by atoms with Crippen molar-refractivity contribution in [1.29, 1.82) is 5.26 Å². The summed E-state index contributed by atoms with van der Waals surface area (Å²) in [4.78, 5) is 17.9. The van der Waals surface area contributed by atoms with E-state index in [2.05, 4.69) is 38.0 Å². The number of H-pyrrole nitrogens is 1. The predicted molar refractivity (Wildman–Crippen MR) is 142 cm³/mol. The van der Waals surface area contributed by atoms with Gasteiger partial charge in [-0.1, -0.05) is 55.3 Å². The summed E-state index contributed by atoms with van der Waals surface area (Å²) in [5.74, 6) is 0.911. The molecule has 2 fully saturated rings. The van der Waals surface area contributed by atoms with Gasteiger partial charge in [-0.15, -0.1) is 0 Å². The second kappa shape index (κ2) is 9.94. The van der Waals surface area contributed by atoms with E-state index in [0.29, 0.717) is 43.3 Å². The average Bonchev–Trinajstić information content (AvgIpc) is 3.74. The fourth-order valence-electron chi connectivity index (χ4n) is 5.48. The molecule has 1 aliphatic carbocycles. The number of nitrogens with one attached hydrogen (secondary N) is 1. The van der Waals surface area contributed by atoms with Gasteiger partial charge in [-0.25, -0.2) is 0 Å². The van der Waals surface area contributed by atoms with E-state index in [4.69, 9.17) is 10.4 Å². The van der Waals surface area contributed by atoms with Crippen molar-refractivity contribution >= 4 is 11.7 Å². The third-order valence-electron chi connectivity index (χ3n) is 7.52. The molecule has 3 heterocycles. The Hall–Kier alpha value is -4.38. The molecule has 8 nitrogen and oxygen atoms in total. The quantitative estimate of drug-likeness (QED) is 0.429. The van der Waals surface area contributed by atoms with E-state index < -0.39 is 0 Å². The second-order valence-corrected chi connectivity index (χ2v) is 9.76. The van der Waals surface area contributed by atoms with Crippen LogP contribution >= 0.6 is 0 Å². The van der Waals surface area contributed by atoms with Gasteiger partial charge in [0.05, 0.1) is 40.8 Å². The summed E-state index contributed by atoms with van der Waals surface area (Å²) in [5.41, 5.74) is 5.20. The van der Waals surface area contributed by atoms with E-state index in [-0.39, 0.29) is 5.91 Å². The number of nitriles is 1. The Morgan fingerprint density at radius 1 is 0.946 bits per heavy atom. The molecule has 8 heteroatoms. The standard InChI is InChI=1S/C29H29N7O/c30-19-21-10-12-22(13-11-21)26-18-27(33-32-26)34-14-16-35(17-15-34)29(37)25-20-31-36(24-8-4-5-9-24)28(25)23-6-2-1-3-7-23/h1-3,6-7,10-13,18,20,24H,4-5,8-9,14-17H2,(H,32,33). The van der Waals surface area contributed by atoms with Crippen LogP contribution < -0.4 is 4.90 Å². The molecule has 1 aliphatic heterocycles. The van der Waals surface area contributed by atoms with E-state index >= 15 is 0 Å². The van der Waals surface area contributed by atoms with Gasteiger partial charge >= 0.3 is 0 Å². The molecular formula is C29H29N7O. The first-order valence-corrected chi connectivity index (χ1v) is 12.9. The largest absolute Gasteiger partial charge is 0.352 e. The van der Waals surface area contributed by atoms with Crippen LogP contribution in [0.4, 0.5) is 5.82 Å². The minimum atomic E-state index is 0.0445. The van der Waals surface area contributed by atoms with Crippen LogP contribution in [0.15, 0.2) is 66.9 Å². The molecular weight excluding hydrogens is 462 g/mol. The van der Waals surface area contributed by atoms with Crippen LogP contribution in [0, 0.1) is 11.3 Å². The smallest absolute Gasteiger partial charge is 0.257 e. The number of benzene rings is 2. The molecule has 2 aliphatic rings. The number of hydrogen-bond donors (Lipinski definition) is 1. The molecule has 0 bridgehead atoms. The molecule has 1 amide bonds. The minimum absolute atomic E-state index is 0.0445. The number of carbonyl (C=O) groups is 1. The second-order valence-electron chi connectivity index (χ2n) is 9.76. The van der Waals surface area contributed by atoms with Crippen molar-refractivity contribution in [3.63, 3.8) is 0 Å². The summed E-state index contributed by atoms with van der Waals surface area (Å²) in [6.07, 6.45) is 6.42. The van der Waals surface area contributed by atoms with Crippen molar-refractivity contribution in [2.75, 3.05) is 31.1 Å². The fourth-order valence-corrected chi connectivity index (χ4v) is 5.48. The van der Waals surface area contributed by atoms with E-state index in [1.54, 1.807) is 18.3 Å². The van der Waals surface area contributed by atoms with Crippen molar-refractivity contribution in [3.05, 3.63) is 78.0 Å². The molecule has 1 N–H and O–H groups in total. The SMILES string of the molecule is N#Cc1ccc(-c2cc(N3CCN(C(=O)c4cnn(C5CCCC5)c4-c4ccccc4)CC3)n[nH]2)cc1. The van der Waals surface area contributed by atoms with Crippen molar-refractivity contribution in [3.8, 4) is 28.6 Å². The number of carbonyl (C=O) groups excluding carboxylic acids is 1. The number of nitrogens with zero attached hydrogens (tertiary/aromatic N) is 6. The first kappa shape index (κ1) is 23.0. The van der Waals surface area contributed by atoms with Crippen molar-refractivity contribution in [2.45, 2.75) is 31.7 Å². The molecule has 0 spiro atoms. The maximum Gasteiger partial charge on any atom is 0.257 e. The Labute approximate surface area is 216 Å². The van der Waals surface area contributed by atoms with Crippen LogP contribution in [-0.4, -0.2) is 57.0 Å². The molecule has 1 saturated heterocycles. The molecule has 6 rings (SSSR count). The van der Waals surface area contributed by atoms with Gasteiger partial charge in [0, 0.05) is 37.8 Å². The molecule has 4 aromatic rings. The lowest BCUT2D eigenvalue weighted by Crippen LogP contribution is -2.49. The molecule has 2 aromatic heterocycles. The Bertz CT molecular complexity index is 1420. The highest BCUT2D eigenvalue weighted by Gasteiger charge is 2.30. The van der Waals surface area contributed by atoms with Crippen molar-refractivity contribution in [1.82, 2.24) is 24.9 Å². The van der Waals surface area contributed by atoms with Gasteiger partial charge in [0.25, 0.3) is 5.91 Å². The Balaban J connectivity index is 1.17. The Morgan fingerprint density at radius 2 is 1.68 bits per heavy atom. The van der Waals surface area contributed by atoms with E-state index in [1.807, 2.05) is 41.3 Å². The number of piperazine rings is 1.